The lowest BCUT2D eigenvalue weighted by atomic mass is 9.82. The average molecular weight is 299 g/mol. The lowest BCUT2D eigenvalue weighted by molar-refractivity contribution is 0.240. The van der Waals surface area contributed by atoms with Crippen LogP contribution >= 0.6 is 15.9 Å². The SMILES string of the molecule is CC(C)(C)CC(C)(C)NCc1ccc(Br)cn1. The van der Waals surface area contributed by atoms with Gasteiger partial charge in [0.15, 0.2) is 0 Å². The van der Waals surface area contributed by atoms with E-state index in [2.05, 4.69) is 60.8 Å². The number of hydrogen-bond donors (Lipinski definition) is 1. The molecular weight excluding hydrogens is 276 g/mol. The zero-order chi connectivity index (χ0) is 13.1. The monoisotopic (exact) mass is 298 g/mol. The largest absolute Gasteiger partial charge is 0.306 e. The molecule has 1 aromatic rings. The van der Waals surface area contributed by atoms with E-state index in [1.807, 2.05) is 18.3 Å². The molecule has 0 saturated heterocycles. The van der Waals surface area contributed by atoms with Gasteiger partial charge in [0.05, 0.1) is 5.69 Å². The first-order chi connectivity index (χ1) is 7.68. The molecule has 0 amide bonds. The molecule has 0 fully saturated rings. The molecule has 17 heavy (non-hydrogen) atoms. The van der Waals surface area contributed by atoms with E-state index in [0.29, 0.717) is 5.41 Å². The third-order valence-corrected chi connectivity index (χ3v) is 2.98. The Balaban J connectivity index is 2.52. The summed E-state index contributed by atoms with van der Waals surface area (Å²) < 4.78 is 1.02. The fraction of sp³-hybridized carbons (Fsp3) is 0.643. The number of aromatic nitrogens is 1. The van der Waals surface area contributed by atoms with Crippen molar-refractivity contribution in [2.75, 3.05) is 0 Å². The van der Waals surface area contributed by atoms with Crippen LogP contribution in [0.15, 0.2) is 22.8 Å². The van der Waals surface area contributed by atoms with E-state index >= 15 is 0 Å². The smallest absolute Gasteiger partial charge is 0.0542 e. The van der Waals surface area contributed by atoms with Crippen LogP contribution in [0.2, 0.25) is 0 Å². The molecule has 1 N–H and O–H groups in total. The van der Waals surface area contributed by atoms with Crippen molar-refractivity contribution in [2.24, 2.45) is 5.41 Å². The number of pyridine rings is 1. The molecule has 0 aromatic carbocycles. The number of nitrogens with zero attached hydrogens (tertiary/aromatic N) is 1. The van der Waals surface area contributed by atoms with Crippen molar-refractivity contribution in [3.05, 3.63) is 28.5 Å². The highest BCUT2D eigenvalue weighted by Gasteiger charge is 2.24. The molecule has 0 radical (unpaired) electrons. The highest BCUT2D eigenvalue weighted by atomic mass is 79.9. The average Bonchev–Trinajstić information content (AvgIpc) is 2.13. The van der Waals surface area contributed by atoms with Crippen molar-refractivity contribution in [1.29, 1.82) is 0 Å². The first kappa shape index (κ1) is 14.7. The molecule has 0 bridgehead atoms. The van der Waals surface area contributed by atoms with Crippen LogP contribution in [-0.2, 0) is 6.54 Å². The minimum Gasteiger partial charge on any atom is -0.306 e. The summed E-state index contributed by atoms with van der Waals surface area (Å²) in [4.78, 5) is 4.37. The summed E-state index contributed by atoms with van der Waals surface area (Å²) in [5.41, 5.74) is 1.55. The van der Waals surface area contributed by atoms with Crippen LogP contribution in [0.5, 0.6) is 0 Å². The highest BCUT2D eigenvalue weighted by molar-refractivity contribution is 9.10. The predicted octanol–water partition coefficient (Wildman–Crippen LogP) is 4.15. The van der Waals surface area contributed by atoms with Crippen molar-refractivity contribution in [3.8, 4) is 0 Å². The molecule has 0 aliphatic carbocycles. The number of halogens is 1. The third-order valence-electron chi connectivity index (χ3n) is 2.51. The number of rotatable bonds is 4. The lowest BCUT2D eigenvalue weighted by Crippen LogP contribution is -2.42. The maximum atomic E-state index is 4.37. The Kier molecular flexibility index (Phi) is 4.73. The maximum Gasteiger partial charge on any atom is 0.0542 e. The highest BCUT2D eigenvalue weighted by Crippen LogP contribution is 2.26. The zero-order valence-electron chi connectivity index (χ0n) is 11.5. The zero-order valence-corrected chi connectivity index (χ0v) is 13.1. The summed E-state index contributed by atoms with van der Waals surface area (Å²) in [7, 11) is 0. The van der Waals surface area contributed by atoms with Gasteiger partial charge in [-0.15, -0.1) is 0 Å². The quantitative estimate of drug-likeness (QED) is 0.903. The molecule has 0 saturated carbocycles. The van der Waals surface area contributed by atoms with Crippen LogP contribution in [0.1, 0.15) is 46.7 Å². The van der Waals surface area contributed by atoms with Crippen LogP contribution in [-0.4, -0.2) is 10.5 Å². The summed E-state index contributed by atoms with van der Waals surface area (Å²) in [6.07, 6.45) is 2.98. The molecule has 0 aliphatic heterocycles. The molecule has 1 rings (SSSR count). The summed E-state index contributed by atoms with van der Waals surface area (Å²) in [5.74, 6) is 0. The normalized spacial score (nSPS) is 12.8. The van der Waals surface area contributed by atoms with Crippen molar-refractivity contribution in [1.82, 2.24) is 10.3 Å². The van der Waals surface area contributed by atoms with Crippen molar-refractivity contribution < 1.29 is 0 Å². The van der Waals surface area contributed by atoms with Gasteiger partial charge in [0.2, 0.25) is 0 Å². The molecule has 0 spiro atoms. The Bertz CT molecular complexity index is 349. The first-order valence-corrected chi connectivity index (χ1v) is 6.83. The van der Waals surface area contributed by atoms with E-state index in [9.17, 15) is 0 Å². The Morgan fingerprint density at radius 3 is 2.29 bits per heavy atom. The van der Waals surface area contributed by atoms with Gasteiger partial charge in [-0.1, -0.05) is 20.8 Å². The minimum absolute atomic E-state index is 0.132. The molecular formula is C14H23BrN2. The van der Waals surface area contributed by atoms with Gasteiger partial charge in [-0.25, -0.2) is 0 Å². The van der Waals surface area contributed by atoms with Gasteiger partial charge in [0.25, 0.3) is 0 Å². The van der Waals surface area contributed by atoms with Crippen molar-refractivity contribution in [3.63, 3.8) is 0 Å². The molecule has 96 valence electrons. The van der Waals surface area contributed by atoms with Gasteiger partial charge in [0, 0.05) is 22.8 Å². The molecule has 1 aromatic heterocycles. The lowest BCUT2D eigenvalue weighted by Gasteiger charge is -2.33. The van der Waals surface area contributed by atoms with Crippen molar-refractivity contribution >= 4 is 15.9 Å². The van der Waals surface area contributed by atoms with Crippen LogP contribution in [0.3, 0.4) is 0 Å². The molecule has 0 atom stereocenters. The fourth-order valence-electron chi connectivity index (χ4n) is 2.23. The Hall–Kier alpha value is -0.410. The minimum atomic E-state index is 0.132. The van der Waals surface area contributed by atoms with Crippen molar-refractivity contribution in [2.45, 2.75) is 53.1 Å². The molecule has 0 unspecified atom stereocenters. The fourth-order valence-corrected chi connectivity index (χ4v) is 2.46. The summed E-state index contributed by atoms with van der Waals surface area (Å²) in [5, 5.41) is 3.57. The Labute approximate surface area is 113 Å². The van der Waals surface area contributed by atoms with Gasteiger partial charge < -0.3 is 5.32 Å². The van der Waals surface area contributed by atoms with E-state index < -0.39 is 0 Å². The molecule has 3 heteroatoms. The molecule has 1 heterocycles. The van der Waals surface area contributed by atoms with Gasteiger partial charge >= 0.3 is 0 Å². The van der Waals surface area contributed by atoms with E-state index in [1.165, 1.54) is 0 Å². The number of nitrogens with one attached hydrogen (secondary N) is 1. The number of hydrogen-bond acceptors (Lipinski definition) is 2. The topological polar surface area (TPSA) is 24.9 Å². The van der Waals surface area contributed by atoms with Crippen LogP contribution in [0.25, 0.3) is 0 Å². The second kappa shape index (κ2) is 5.49. The van der Waals surface area contributed by atoms with Gasteiger partial charge in [-0.2, -0.15) is 0 Å². The Morgan fingerprint density at radius 2 is 1.82 bits per heavy atom. The summed E-state index contributed by atoms with van der Waals surface area (Å²) in [6, 6.07) is 4.07. The maximum absolute atomic E-state index is 4.37. The second-order valence-electron chi connectivity index (χ2n) is 6.44. The van der Waals surface area contributed by atoms with E-state index in [1.54, 1.807) is 0 Å². The van der Waals surface area contributed by atoms with Gasteiger partial charge in [0.1, 0.15) is 0 Å². The Morgan fingerprint density at radius 1 is 1.18 bits per heavy atom. The van der Waals surface area contributed by atoms with E-state index in [0.717, 1.165) is 23.1 Å². The van der Waals surface area contributed by atoms with Gasteiger partial charge in [-0.05, 0) is 53.7 Å². The second-order valence-corrected chi connectivity index (χ2v) is 7.36. The van der Waals surface area contributed by atoms with Crippen LogP contribution in [0.4, 0.5) is 0 Å². The summed E-state index contributed by atoms with van der Waals surface area (Å²) >= 11 is 3.39. The predicted molar refractivity (Wildman–Crippen MR) is 76.9 cm³/mol. The standard InChI is InChI=1S/C14H23BrN2/c1-13(2,3)10-14(4,5)17-9-12-7-6-11(15)8-16-12/h6-8,17H,9-10H2,1-5H3. The van der Waals surface area contributed by atoms with Crippen LogP contribution in [0, 0.1) is 5.41 Å². The summed E-state index contributed by atoms with van der Waals surface area (Å²) in [6.45, 7) is 12.1. The molecule has 0 aliphatic rings. The third kappa shape index (κ3) is 6.18. The van der Waals surface area contributed by atoms with E-state index in [4.69, 9.17) is 0 Å². The van der Waals surface area contributed by atoms with Gasteiger partial charge in [-0.3, -0.25) is 4.98 Å². The van der Waals surface area contributed by atoms with E-state index in [-0.39, 0.29) is 5.54 Å². The first-order valence-electron chi connectivity index (χ1n) is 6.03. The molecule has 2 nitrogen and oxygen atoms in total. The van der Waals surface area contributed by atoms with Crippen LogP contribution < -0.4 is 5.32 Å².